The summed E-state index contributed by atoms with van der Waals surface area (Å²) in [5.41, 5.74) is 3.21. The van der Waals surface area contributed by atoms with Gasteiger partial charge in [0.15, 0.2) is 0 Å². The first-order chi connectivity index (χ1) is 9.56. The summed E-state index contributed by atoms with van der Waals surface area (Å²) in [5.74, 6) is -0.371. The quantitative estimate of drug-likeness (QED) is 0.895. The summed E-state index contributed by atoms with van der Waals surface area (Å²) in [6, 6.07) is 12.9. The number of halogens is 1. The van der Waals surface area contributed by atoms with Crippen LogP contribution in [0, 0.1) is 12.7 Å². The Kier molecular flexibility index (Phi) is 4.40. The van der Waals surface area contributed by atoms with Crippen molar-refractivity contribution >= 4 is 11.4 Å². The molecule has 0 heterocycles. The smallest absolute Gasteiger partial charge is 0.131 e. The molecule has 2 rings (SSSR count). The van der Waals surface area contributed by atoms with Crippen LogP contribution in [0.2, 0.25) is 0 Å². The van der Waals surface area contributed by atoms with Crippen molar-refractivity contribution in [1.29, 1.82) is 0 Å². The van der Waals surface area contributed by atoms with Crippen LogP contribution in [-0.4, -0.2) is 11.7 Å². The van der Waals surface area contributed by atoms with Crippen molar-refractivity contribution in [3.63, 3.8) is 0 Å². The Bertz CT molecular complexity index is 595. The maximum absolute atomic E-state index is 14.0. The Hall–Kier alpha value is -1.87. The largest absolute Gasteiger partial charge is 0.389 e. The molecule has 3 heteroatoms. The number of hydrogen-bond donors (Lipinski definition) is 1. The fraction of sp³-hybridized carbons (Fsp3) is 0.294. The van der Waals surface area contributed by atoms with Crippen LogP contribution in [0.3, 0.4) is 0 Å². The molecule has 0 aliphatic rings. The normalized spacial score (nSPS) is 12.2. The van der Waals surface area contributed by atoms with Gasteiger partial charge in [0.25, 0.3) is 0 Å². The van der Waals surface area contributed by atoms with Crippen LogP contribution in [-0.2, 0) is 0 Å². The second-order valence-corrected chi connectivity index (χ2v) is 4.88. The molecule has 1 unspecified atom stereocenters. The predicted octanol–water partition coefficient (Wildman–Crippen LogP) is 4.35. The lowest BCUT2D eigenvalue weighted by Crippen LogP contribution is -2.20. The molecule has 0 fully saturated rings. The number of rotatable bonds is 4. The van der Waals surface area contributed by atoms with Crippen molar-refractivity contribution in [2.45, 2.75) is 26.9 Å². The lowest BCUT2D eigenvalue weighted by molar-refractivity contribution is 0.194. The molecule has 0 spiro atoms. The molecule has 0 saturated heterocycles. The average molecular weight is 273 g/mol. The highest BCUT2D eigenvalue weighted by Gasteiger charge is 2.19. The minimum atomic E-state index is -0.843. The Morgan fingerprint density at radius 2 is 1.75 bits per heavy atom. The maximum Gasteiger partial charge on any atom is 0.131 e. The summed E-state index contributed by atoms with van der Waals surface area (Å²) in [6.45, 7) is 6.34. The highest BCUT2D eigenvalue weighted by atomic mass is 19.1. The van der Waals surface area contributed by atoms with Gasteiger partial charge in [-0.05, 0) is 44.5 Å². The second kappa shape index (κ2) is 6.06. The van der Waals surface area contributed by atoms with Crippen LogP contribution in [0.25, 0.3) is 0 Å². The third-order valence-electron chi connectivity index (χ3n) is 3.46. The van der Waals surface area contributed by atoms with Crippen LogP contribution in [0.4, 0.5) is 15.8 Å². The van der Waals surface area contributed by atoms with Gasteiger partial charge in [-0.1, -0.05) is 24.3 Å². The molecule has 0 amide bonds. The average Bonchev–Trinajstić information content (AvgIpc) is 2.41. The van der Waals surface area contributed by atoms with Crippen LogP contribution in [0.1, 0.15) is 31.1 Å². The van der Waals surface area contributed by atoms with E-state index in [0.29, 0.717) is 12.1 Å². The fourth-order valence-electron chi connectivity index (χ4n) is 2.51. The van der Waals surface area contributed by atoms with E-state index in [2.05, 4.69) is 0 Å². The van der Waals surface area contributed by atoms with Gasteiger partial charge >= 0.3 is 0 Å². The van der Waals surface area contributed by atoms with Gasteiger partial charge < -0.3 is 10.0 Å². The van der Waals surface area contributed by atoms with Crippen molar-refractivity contribution in [1.82, 2.24) is 0 Å². The van der Waals surface area contributed by atoms with Crippen LogP contribution >= 0.6 is 0 Å². The van der Waals surface area contributed by atoms with Crippen molar-refractivity contribution in [3.8, 4) is 0 Å². The molecule has 0 aliphatic heterocycles. The molecule has 0 aromatic heterocycles. The van der Waals surface area contributed by atoms with E-state index >= 15 is 0 Å². The lowest BCUT2D eigenvalue weighted by atomic mass is 10.0. The van der Waals surface area contributed by atoms with E-state index in [4.69, 9.17) is 0 Å². The number of para-hydroxylation sites is 1. The van der Waals surface area contributed by atoms with E-state index in [0.717, 1.165) is 16.9 Å². The van der Waals surface area contributed by atoms with E-state index in [-0.39, 0.29) is 5.82 Å². The van der Waals surface area contributed by atoms with Gasteiger partial charge in [-0.2, -0.15) is 0 Å². The topological polar surface area (TPSA) is 23.5 Å². The molecule has 106 valence electrons. The molecule has 2 nitrogen and oxygen atoms in total. The van der Waals surface area contributed by atoms with E-state index in [1.54, 1.807) is 13.0 Å². The third-order valence-corrected chi connectivity index (χ3v) is 3.46. The van der Waals surface area contributed by atoms with Gasteiger partial charge in [0.2, 0.25) is 0 Å². The SMILES string of the molecule is CCN(c1ccccc1C)c1cccc(F)c1C(C)O. The van der Waals surface area contributed by atoms with E-state index in [9.17, 15) is 9.50 Å². The van der Waals surface area contributed by atoms with Crippen LogP contribution in [0.15, 0.2) is 42.5 Å². The maximum atomic E-state index is 14.0. The minimum Gasteiger partial charge on any atom is -0.389 e. The van der Waals surface area contributed by atoms with E-state index in [1.165, 1.54) is 6.07 Å². The zero-order valence-electron chi connectivity index (χ0n) is 12.1. The number of aliphatic hydroxyl groups excluding tert-OH is 1. The molecule has 0 radical (unpaired) electrons. The molecule has 1 N–H and O–H groups in total. The van der Waals surface area contributed by atoms with Gasteiger partial charge in [-0.3, -0.25) is 0 Å². The monoisotopic (exact) mass is 273 g/mol. The van der Waals surface area contributed by atoms with E-state index in [1.807, 2.05) is 49.1 Å². The van der Waals surface area contributed by atoms with Crippen LogP contribution in [0.5, 0.6) is 0 Å². The van der Waals surface area contributed by atoms with Crippen molar-refractivity contribution in [2.75, 3.05) is 11.4 Å². The number of benzene rings is 2. The van der Waals surface area contributed by atoms with Gasteiger partial charge in [0, 0.05) is 23.5 Å². The van der Waals surface area contributed by atoms with E-state index < -0.39 is 6.10 Å². The highest BCUT2D eigenvalue weighted by molar-refractivity contribution is 5.69. The second-order valence-electron chi connectivity index (χ2n) is 4.88. The minimum absolute atomic E-state index is 0.345. The van der Waals surface area contributed by atoms with Crippen molar-refractivity contribution < 1.29 is 9.50 Å². The number of nitrogens with zero attached hydrogens (tertiary/aromatic N) is 1. The van der Waals surface area contributed by atoms with Crippen molar-refractivity contribution in [2.24, 2.45) is 0 Å². The van der Waals surface area contributed by atoms with Crippen molar-refractivity contribution in [3.05, 3.63) is 59.4 Å². The molecular formula is C17H20FNO. The zero-order chi connectivity index (χ0) is 14.7. The number of anilines is 2. The number of hydrogen-bond acceptors (Lipinski definition) is 2. The first-order valence-corrected chi connectivity index (χ1v) is 6.86. The zero-order valence-corrected chi connectivity index (χ0v) is 12.1. The fourth-order valence-corrected chi connectivity index (χ4v) is 2.51. The Morgan fingerprint density at radius 1 is 1.10 bits per heavy atom. The summed E-state index contributed by atoms with van der Waals surface area (Å²) >= 11 is 0. The van der Waals surface area contributed by atoms with Gasteiger partial charge in [-0.25, -0.2) is 4.39 Å². The molecule has 0 bridgehead atoms. The third kappa shape index (κ3) is 2.68. The van der Waals surface area contributed by atoms with Crippen LogP contribution < -0.4 is 4.90 Å². The number of aryl methyl sites for hydroxylation is 1. The summed E-state index contributed by atoms with van der Waals surface area (Å²) < 4.78 is 14.0. The van der Waals surface area contributed by atoms with Gasteiger partial charge in [-0.15, -0.1) is 0 Å². The molecule has 1 atom stereocenters. The highest BCUT2D eigenvalue weighted by Crippen LogP contribution is 2.34. The number of aliphatic hydroxyl groups is 1. The molecule has 0 saturated carbocycles. The molecule has 20 heavy (non-hydrogen) atoms. The summed E-state index contributed by atoms with van der Waals surface area (Å²) in [5, 5.41) is 9.88. The van der Waals surface area contributed by atoms with Gasteiger partial charge in [0.1, 0.15) is 5.82 Å². The first-order valence-electron chi connectivity index (χ1n) is 6.86. The first kappa shape index (κ1) is 14.5. The Labute approximate surface area is 119 Å². The molecule has 0 aliphatic carbocycles. The Balaban J connectivity index is 2.59. The summed E-state index contributed by atoms with van der Waals surface area (Å²) in [7, 11) is 0. The summed E-state index contributed by atoms with van der Waals surface area (Å²) in [4.78, 5) is 2.03. The Morgan fingerprint density at radius 3 is 2.35 bits per heavy atom. The predicted molar refractivity (Wildman–Crippen MR) is 80.9 cm³/mol. The molecular weight excluding hydrogens is 253 g/mol. The molecule has 2 aromatic rings. The standard InChI is InChI=1S/C17H20FNO/c1-4-19(15-10-6-5-8-12(15)2)16-11-7-9-14(18)17(16)13(3)20/h5-11,13,20H,4H2,1-3H3. The summed E-state index contributed by atoms with van der Waals surface area (Å²) in [6.07, 6.45) is -0.843. The van der Waals surface area contributed by atoms with Gasteiger partial charge in [0.05, 0.1) is 6.10 Å². The molecule has 2 aromatic carbocycles. The lowest BCUT2D eigenvalue weighted by Gasteiger charge is -2.28.